The molecule has 3 heteroatoms. The Hall–Kier alpha value is -2.60. The maximum Gasteiger partial charge on any atom is 0.252 e. The summed E-state index contributed by atoms with van der Waals surface area (Å²) in [6, 6.07) is 21.6. The van der Waals surface area contributed by atoms with Gasteiger partial charge in [0.05, 0.1) is 6.07 Å². The normalized spacial score (nSPS) is 23.7. The molecule has 0 aliphatic heterocycles. The Bertz CT molecular complexity index is 705. The van der Waals surface area contributed by atoms with Crippen molar-refractivity contribution in [1.82, 2.24) is 5.32 Å². The maximum atomic E-state index is 12.6. The number of hydrogen-bond donors (Lipinski definition) is 1. The van der Waals surface area contributed by atoms with E-state index in [1.165, 1.54) is 0 Å². The minimum Gasteiger partial charge on any atom is -0.333 e. The monoisotopic (exact) mass is 304 g/mol. The molecule has 0 unspecified atom stereocenters. The van der Waals surface area contributed by atoms with Crippen LogP contribution in [-0.4, -0.2) is 11.4 Å². The van der Waals surface area contributed by atoms with Crippen LogP contribution in [0.15, 0.2) is 60.7 Å². The molecule has 116 valence electrons. The average Bonchev–Trinajstić information content (AvgIpc) is 2.63. The van der Waals surface area contributed by atoms with Crippen LogP contribution in [0.4, 0.5) is 0 Å². The van der Waals surface area contributed by atoms with Crippen molar-refractivity contribution in [3.05, 3.63) is 71.8 Å². The lowest BCUT2D eigenvalue weighted by Crippen LogP contribution is -2.53. The summed E-state index contributed by atoms with van der Waals surface area (Å²) in [6.07, 6.45) is 3.67. The Labute approximate surface area is 137 Å². The fourth-order valence-corrected chi connectivity index (χ4v) is 3.49. The Morgan fingerprint density at radius 3 is 2.35 bits per heavy atom. The van der Waals surface area contributed by atoms with Crippen molar-refractivity contribution >= 4 is 5.91 Å². The zero-order chi connectivity index (χ0) is 16.1. The number of carbonyl (C=O) groups is 1. The largest absolute Gasteiger partial charge is 0.333 e. The number of amides is 1. The van der Waals surface area contributed by atoms with Crippen molar-refractivity contribution in [2.24, 2.45) is 0 Å². The lowest BCUT2D eigenvalue weighted by Gasteiger charge is -2.39. The molecule has 1 aliphatic rings. The molecular weight excluding hydrogens is 284 g/mol. The predicted molar refractivity (Wildman–Crippen MR) is 89.9 cm³/mol. The van der Waals surface area contributed by atoms with E-state index in [1.807, 2.05) is 36.4 Å². The first-order chi connectivity index (χ1) is 11.2. The third-order valence-corrected chi connectivity index (χ3v) is 4.68. The fourth-order valence-electron chi connectivity index (χ4n) is 3.49. The van der Waals surface area contributed by atoms with Gasteiger partial charge in [0.15, 0.2) is 0 Å². The number of nitriles is 1. The molecule has 1 fully saturated rings. The highest BCUT2D eigenvalue weighted by Crippen LogP contribution is 2.40. The van der Waals surface area contributed by atoms with Crippen LogP contribution in [0.3, 0.4) is 0 Å². The Morgan fingerprint density at radius 1 is 1.04 bits per heavy atom. The van der Waals surface area contributed by atoms with Gasteiger partial charge in [0, 0.05) is 11.5 Å². The molecule has 3 nitrogen and oxygen atoms in total. The zero-order valence-electron chi connectivity index (χ0n) is 13.0. The van der Waals surface area contributed by atoms with Crippen LogP contribution in [0.1, 0.15) is 47.5 Å². The van der Waals surface area contributed by atoms with Crippen molar-refractivity contribution in [3.8, 4) is 6.07 Å². The molecule has 0 heterocycles. The minimum atomic E-state index is -0.827. The van der Waals surface area contributed by atoms with E-state index in [4.69, 9.17) is 0 Å². The second-order valence-corrected chi connectivity index (χ2v) is 6.11. The molecule has 3 rings (SSSR count). The van der Waals surface area contributed by atoms with E-state index in [2.05, 4.69) is 23.5 Å². The van der Waals surface area contributed by atoms with E-state index in [9.17, 15) is 10.1 Å². The molecule has 2 aromatic carbocycles. The molecule has 23 heavy (non-hydrogen) atoms. The van der Waals surface area contributed by atoms with Crippen LogP contribution in [0, 0.1) is 11.3 Å². The molecule has 0 saturated heterocycles. The molecule has 1 aliphatic carbocycles. The Kier molecular flexibility index (Phi) is 4.43. The summed E-state index contributed by atoms with van der Waals surface area (Å²) in [5, 5.41) is 13.0. The maximum absolute atomic E-state index is 12.6. The number of hydrogen-bond acceptors (Lipinski definition) is 2. The highest BCUT2D eigenvalue weighted by Gasteiger charge is 2.43. The zero-order valence-corrected chi connectivity index (χ0v) is 13.0. The SMILES string of the molecule is N#C[C@]1(NC(=O)c2ccccc2)CCCC[C@@H]1c1ccccc1. The van der Waals surface area contributed by atoms with Crippen LogP contribution in [0.25, 0.3) is 0 Å². The molecule has 0 radical (unpaired) electrons. The lowest BCUT2D eigenvalue weighted by molar-refractivity contribution is 0.0889. The van der Waals surface area contributed by atoms with Gasteiger partial charge in [-0.25, -0.2) is 0 Å². The van der Waals surface area contributed by atoms with Crippen molar-refractivity contribution < 1.29 is 4.79 Å². The van der Waals surface area contributed by atoms with Gasteiger partial charge >= 0.3 is 0 Å². The summed E-state index contributed by atoms with van der Waals surface area (Å²) >= 11 is 0. The van der Waals surface area contributed by atoms with E-state index in [-0.39, 0.29) is 11.8 Å². The highest BCUT2D eigenvalue weighted by molar-refractivity contribution is 5.95. The van der Waals surface area contributed by atoms with Crippen LogP contribution in [-0.2, 0) is 0 Å². The first-order valence-corrected chi connectivity index (χ1v) is 8.09. The Balaban J connectivity index is 1.91. The van der Waals surface area contributed by atoms with Crippen LogP contribution in [0.2, 0.25) is 0 Å². The molecule has 0 aromatic heterocycles. The molecule has 2 atom stereocenters. The first kappa shape index (κ1) is 15.3. The van der Waals surface area contributed by atoms with Crippen molar-refractivity contribution in [2.75, 3.05) is 0 Å². The smallest absolute Gasteiger partial charge is 0.252 e. The second-order valence-electron chi connectivity index (χ2n) is 6.11. The minimum absolute atomic E-state index is 0.0371. The van der Waals surface area contributed by atoms with Crippen molar-refractivity contribution in [1.29, 1.82) is 5.26 Å². The number of carbonyl (C=O) groups excluding carboxylic acids is 1. The van der Waals surface area contributed by atoms with Crippen LogP contribution in [0.5, 0.6) is 0 Å². The van der Waals surface area contributed by atoms with Gasteiger partial charge < -0.3 is 5.32 Å². The second kappa shape index (κ2) is 6.66. The number of rotatable bonds is 3. The average molecular weight is 304 g/mol. The molecular formula is C20H20N2O. The summed E-state index contributed by atoms with van der Waals surface area (Å²) < 4.78 is 0. The molecule has 1 saturated carbocycles. The van der Waals surface area contributed by atoms with Gasteiger partial charge in [0.1, 0.15) is 5.54 Å². The van der Waals surface area contributed by atoms with Gasteiger partial charge in [-0.2, -0.15) is 5.26 Å². The summed E-state index contributed by atoms with van der Waals surface area (Å²) in [6.45, 7) is 0. The lowest BCUT2D eigenvalue weighted by atomic mass is 9.70. The molecule has 1 N–H and O–H groups in total. The quantitative estimate of drug-likeness (QED) is 0.930. The molecule has 1 amide bonds. The highest BCUT2D eigenvalue weighted by atomic mass is 16.1. The molecule has 0 bridgehead atoms. The Morgan fingerprint density at radius 2 is 1.70 bits per heavy atom. The number of nitrogens with zero attached hydrogens (tertiary/aromatic N) is 1. The first-order valence-electron chi connectivity index (χ1n) is 8.09. The van der Waals surface area contributed by atoms with Gasteiger partial charge in [-0.15, -0.1) is 0 Å². The van der Waals surface area contributed by atoms with Gasteiger partial charge in [0.2, 0.25) is 0 Å². The van der Waals surface area contributed by atoms with Gasteiger partial charge in [-0.05, 0) is 37.0 Å². The summed E-state index contributed by atoms with van der Waals surface area (Å²) in [7, 11) is 0. The number of nitrogens with one attached hydrogen (secondary N) is 1. The van der Waals surface area contributed by atoms with Crippen molar-refractivity contribution in [2.45, 2.75) is 37.1 Å². The molecule has 2 aromatic rings. The van der Waals surface area contributed by atoms with E-state index < -0.39 is 5.54 Å². The van der Waals surface area contributed by atoms with Gasteiger partial charge in [0.25, 0.3) is 5.91 Å². The third-order valence-electron chi connectivity index (χ3n) is 4.68. The summed E-state index contributed by atoms with van der Waals surface area (Å²) in [5.74, 6) is -0.134. The molecule has 0 spiro atoms. The predicted octanol–water partition coefficient (Wildman–Crippen LogP) is 4.04. The topological polar surface area (TPSA) is 52.9 Å². The standard InChI is InChI=1S/C20H20N2O/c21-15-20(22-19(23)17-11-5-2-6-12-17)14-8-7-13-18(20)16-9-3-1-4-10-16/h1-6,9-12,18H,7-8,13-14H2,(H,22,23)/t18-,20-/m1/s1. The van der Waals surface area contributed by atoms with Crippen LogP contribution < -0.4 is 5.32 Å². The van der Waals surface area contributed by atoms with E-state index in [0.717, 1.165) is 24.8 Å². The van der Waals surface area contributed by atoms with E-state index >= 15 is 0 Å². The van der Waals surface area contributed by atoms with Crippen molar-refractivity contribution in [3.63, 3.8) is 0 Å². The van der Waals surface area contributed by atoms with Gasteiger partial charge in [-0.1, -0.05) is 55.0 Å². The van der Waals surface area contributed by atoms with E-state index in [0.29, 0.717) is 12.0 Å². The summed E-state index contributed by atoms with van der Waals surface area (Å²) in [4.78, 5) is 12.6. The fraction of sp³-hybridized carbons (Fsp3) is 0.300. The number of benzene rings is 2. The third kappa shape index (κ3) is 3.12. The van der Waals surface area contributed by atoms with Gasteiger partial charge in [-0.3, -0.25) is 4.79 Å². The van der Waals surface area contributed by atoms with Crippen LogP contribution >= 0.6 is 0 Å². The summed E-state index contributed by atoms with van der Waals surface area (Å²) in [5.41, 5.74) is 0.897. The van der Waals surface area contributed by atoms with E-state index in [1.54, 1.807) is 12.1 Å².